The number of amides is 1. The summed E-state index contributed by atoms with van der Waals surface area (Å²) in [6.45, 7) is 3.43. The molecule has 0 aliphatic carbocycles. The van der Waals surface area contributed by atoms with Gasteiger partial charge in [0.1, 0.15) is 5.75 Å². The van der Waals surface area contributed by atoms with E-state index >= 15 is 0 Å². The number of carbonyl (C=O) groups is 1. The number of nitro groups is 1. The van der Waals surface area contributed by atoms with E-state index in [1.807, 2.05) is 6.92 Å². The highest BCUT2D eigenvalue weighted by molar-refractivity contribution is 6.31. The normalized spacial score (nSPS) is 11.6. The molecule has 23 heavy (non-hydrogen) atoms. The van der Waals surface area contributed by atoms with Crippen molar-refractivity contribution >= 4 is 28.9 Å². The standard InChI is InChI=1S/C16H15ClN2O4/c1-10-8-14(6-7-15(10)17)23-11(2)16(20)18-12-4-3-5-13(9-12)19(21)22/h3-9,11H,1-2H3,(H,18,20)/t11-/m1/s1. The van der Waals surface area contributed by atoms with Crippen LogP contribution < -0.4 is 10.1 Å². The summed E-state index contributed by atoms with van der Waals surface area (Å²) >= 11 is 5.94. The number of halogens is 1. The van der Waals surface area contributed by atoms with Gasteiger partial charge < -0.3 is 10.1 Å². The lowest BCUT2D eigenvalue weighted by molar-refractivity contribution is -0.384. The molecule has 2 aromatic rings. The summed E-state index contributed by atoms with van der Waals surface area (Å²) in [7, 11) is 0. The molecule has 0 radical (unpaired) electrons. The molecule has 2 aromatic carbocycles. The van der Waals surface area contributed by atoms with Crippen molar-refractivity contribution in [2.24, 2.45) is 0 Å². The van der Waals surface area contributed by atoms with Gasteiger partial charge in [0.15, 0.2) is 6.10 Å². The second kappa shape index (κ2) is 7.11. The van der Waals surface area contributed by atoms with Crippen LogP contribution in [0.2, 0.25) is 5.02 Å². The maximum atomic E-state index is 12.1. The minimum absolute atomic E-state index is 0.0929. The second-order valence-corrected chi connectivity index (χ2v) is 5.37. The van der Waals surface area contributed by atoms with E-state index in [1.54, 1.807) is 31.2 Å². The van der Waals surface area contributed by atoms with Crippen molar-refractivity contribution in [2.45, 2.75) is 20.0 Å². The highest BCUT2D eigenvalue weighted by Crippen LogP contribution is 2.22. The lowest BCUT2D eigenvalue weighted by atomic mass is 10.2. The van der Waals surface area contributed by atoms with Crippen LogP contribution in [0.1, 0.15) is 12.5 Å². The van der Waals surface area contributed by atoms with Crippen LogP contribution in [0.5, 0.6) is 5.75 Å². The van der Waals surface area contributed by atoms with Crippen LogP contribution in [-0.2, 0) is 4.79 Å². The van der Waals surface area contributed by atoms with E-state index in [9.17, 15) is 14.9 Å². The highest BCUT2D eigenvalue weighted by atomic mass is 35.5. The number of rotatable bonds is 5. The van der Waals surface area contributed by atoms with Crippen molar-refractivity contribution in [3.05, 3.63) is 63.2 Å². The molecular weight excluding hydrogens is 320 g/mol. The molecule has 6 nitrogen and oxygen atoms in total. The quantitative estimate of drug-likeness (QED) is 0.662. The Labute approximate surface area is 138 Å². The first-order valence-electron chi connectivity index (χ1n) is 6.85. The molecule has 1 amide bonds. The molecule has 1 atom stereocenters. The number of hydrogen-bond acceptors (Lipinski definition) is 4. The van der Waals surface area contributed by atoms with Crippen molar-refractivity contribution in [1.29, 1.82) is 0 Å². The summed E-state index contributed by atoms with van der Waals surface area (Å²) in [5, 5.41) is 13.9. The molecule has 1 N–H and O–H groups in total. The Morgan fingerprint density at radius 1 is 1.30 bits per heavy atom. The molecule has 0 aromatic heterocycles. The number of nitrogens with one attached hydrogen (secondary N) is 1. The van der Waals surface area contributed by atoms with E-state index in [2.05, 4.69) is 5.32 Å². The summed E-state index contributed by atoms with van der Waals surface area (Å²) in [6, 6.07) is 10.8. The number of nitrogens with zero attached hydrogens (tertiary/aromatic N) is 1. The van der Waals surface area contributed by atoms with E-state index in [1.165, 1.54) is 18.2 Å². The van der Waals surface area contributed by atoms with Crippen LogP contribution in [-0.4, -0.2) is 16.9 Å². The van der Waals surface area contributed by atoms with Crippen molar-refractivity contribution in [1.82, 2.24) is 0 Å². The zero-order chi connectivity index (χ0) is 17.0. The van der Waals surface area contributed by atoms with Gasteiger partial charge in [0.05, 0.1) is 4.92 Å². The van der Waals surface area contributed by atoms with Gasteiger partial charge in [0.25, 0.3) is 11.6 Å². The summed E-state index contributed by atoms with van der Waals surface area (Å²) in [4.78, 5) is 22.3. The average molecular weight is 335 g/mol. The number of ether oxygens (including phenoxy) is 1. The van der Waals surface area contributed by atoms with Crippen LogP contribution >= 0.6 is 11.6 Å². The SMILES string of the molecule is Cc1cc(O[C@H](C)C(=O)Nc2cccc([N+](=O)[O-])c2)ccc1Cl. The van der Waals surface area contributed by atoms with Gasteiger partial charge in [-0.1, -0.05) is 17.7 Å². The molecule has 0 aliphatic rings. The van der Waals surface area contributed by atoms with Gasteiger partial charge >= 0.3 is 0 Å². The smallest absolute Gasteiger partial charge is 0.271 e. The third-order valence-electron chi connectivity index (χ3n) is 3.14. The lowest BCUT2D eigenvalue weighted by Crippen LogP contribution is -2.30. The molecule has 0 saturated heterocycles. The van der Waals surface area contributed by atoms with Gasteiger partial charge in [0.2, 0.25) is 0 Å². The summed E-state index contributed by atoms with van der Waals surface area (Å²) in [5.41, 5.74) is 1.09. The first-order chi connectivity index (χ1) is 10.9. The molecule has 0 aliphatic heterocycles. The van der Waals surface area contributed by atoms with Crippen LogP contribution in [0.4, 0.5) is 11.4 Å². The van der Waals surface area contributed by atoms with Gasteiger partial charge in [-0.15, -0.1) is 0 Å². The number of benzene rings is 2. The van der Waals surface area contributed by atoms with Gasteiger partial charge in [0, 0.05) is 22.8 Å². The molecule has 0 unspecified atom stereocenters. The number of non-ortho nitro benzene ring substituents is 1. The van der Waals surface area contributed by atoms with Crippen LogP contribution in [0.3, 0.4) is 0 Å². The third-order valence-corrected chi connectivity index (χ3v) is 3.56. The van der Waals surface area contributed by atoms with Gasteiger partial charge in [-0.2, -0.15) is 0 Å². The predicted molar refractivity (Wildman–Crippen MR) is 88.0 cm³/mol. The number of nitro benzene ring substituents is 1. The van der Waals surface area contributed by atoms with E-state index in [0.29, 0.717) is 16.5 Å². The zero-order valence-electron chi connectivity index (χ0n) is 12.6. The molecule has 0 fully saturated rings. The van der Waals surface area contributed by atoms with E-state index in [-0.39, 0.29) is 5.69 Å². The fraction of sp³-hybridized carbons (Fsp3) is 0.188. The Morgan fingerprint density at radius 3 is 2.70 bits per heavy atom. The van der Waals surface area contributed by atoms with Gasteiger partial charge in [-0.25, -0.2) is 0 Å². The Bertz CT molecular complexity index is 749. The lowest BCUT2D eigenvalue weighted by Gasteiger charge is -2.15. The number of aryl methyl sites for hydroxylation is 1. The molecule has 120 valence electrons. The fourth-order valence-electron chi connectivity index (χ4n) is 1.89. The van der Waals surface area contributed by atoms with Crippen molar-refractivity contribution in [3.63, 3.8) is 0 Å². The monoisotopic (exact) mass is 334 g/mol. The largest absolute Gasteiger partial charge is 0.481 e. The minimum atomic E-state index is -0.769. The van der Waals surface area contributed by atoms with E-state index in [0.717, 1.165) is 5.56 Å². The predicted octanol–water partition coefficient (Wildman–Crippen LogP) is 3.96. The van der Waals surface area contributed by atoms with Crippen molar-refractivity contribution < 1.29 is 14.5 Å². The Hall–Kier alpha value is -2.60. The molecule has 0 spiro atoms. The van der Waals surface area contributed by atoms with Gasteiger partial charge in [-0.05, 0) is 43.7 Å². The molecule has 7 heteroatoms. The maximum Gasteiger partial charge on any atom is 0.271 e. The highest BCUT2D eigenvalue weighted by Gasteiger charge is 2.16. The topological polar surface area (TPSA) is 81.5 Å². The Kier molecular flexibility index (Phi) is 5.18. The fourth-order valence-corrected chi connectivity index (χ4v) is 2.01. The number of hydrogen-bond donors (Lipinski definition) is 1. The van der Waals surface area contributed by atoms with Crippen molar-refractivity contribution in [2.75, 3.05) is 5.32 Å². The molecule has 0 saturated carbocycles. The molecule has 0 heterocycles. The molecule has 0 bridgehead atoms. The average Bonchev–Trinajstić information content (AvgIpc) is 2.51. The number of anilines is 1. The van der Waals surface area contributed by atoms with Crippen LogP contribution in [0, 0.1) is 17.0 Å². The Balaban J connectivity index is 2.03. The summed E-state index contributed by atoms with van der Waals surface area (Å²) < 4.78 is 5.56. The maximum absolute atomic E-state index is 12.1. The summed E-state index contributed by atoms with van der Waals surface area (Å²) in [6.07, 6.45) is -0.769. The molecule has 2 rings (SSSR count). The van der Waals surface area contributed by atoms with E-state index < -0.39 is 16.9 Å². The van der Waals surface area contributed by atoms with E-state index in [4.69, 9.17) is 16.3 Å². The zero-order valence-corrected chi connectivity index (χ0v) is 13.3. The first-order valence-corrected chi connectivity index (χ1v) is 7.23. The minimum Gasteiger partial charge on any atom is -0.481 e. The van der Waals surface area contributed by atoms with Crippen molar-refractivity contribution in [3.8, 4) is 5.75 Å². The third kappa shape index (κ3) is 4.43. The molecular formula is C16H15ClN2O4. The van der Waals surface area contributed by atoms with Crippen LogP contribution in [0.25, 0.3) is 0 Å². The van der Waals surface area contributed by atoms with Gasteiger partial charge in [-0.3, -0.25) is 14.9 Å². The number of carbonyl (C=O) groups excluding carboxylic acids is 1. The van der Waals surface area contributed by atoms with Crippen LogP contribution in [0.15, 0.2) is 42.5 Å². The summed E-state index contributed by atoms with van der Waals surface area (Å²) in [5.74, 6) is 0.117. The second-order valence-electron chi connectivity index (χ2n) is 4.97. The first kappa shape index (κ1) is 16.8. The Morgan fingerprint density at radius 2 is 2.04 bits per heavy atom.